The molecule has 2 aliphatic heterocycles. The zero-order valence-electron chi connectivity index (χ0n) is 18.3. The van der Waals surface area contributed by atoms with Gasteiger partial charge in [0, 0.05) is 16.8 Å². The van der Waals surface area contributed by atoms with Crippen LogP contribution >= 0.6 is 15.9 Å². The molecule has 9 heteroatoms. The molecule has 0 aliphatic carbocycles. The zero-order chi connectivity index (χ0) is 23.7. The van der Waals surface area contributed by atoms with Gasteiger partial charge < -0.3 is 14.8 Å². The number of ether oxygens (including phenoxy) is 2. The Morgan fingerprint density at radius 3 is 2.48 bits per heavy atom. The van der Waals surface area contributed by atoms with Crippen LogP contribution in [0.15, 0.2) is 34.8 Å². The van der Waals surface area contributed by atoms with Crippen LogP contribution < -0.4 is 5.32 Å². The minimum absolute atomic E-state index is 0.0944. The van der Waals surface area contributed by atoms with Gasteiger partial charge in [-0.3, -0.25) is 19.3 Å². The highest BCUT2D eigenvalue weighted by molar-refractivity contribution is 9.10. The van der Waals surface area contributed by atoms with E-state index in [1.54, 1.807) is 0 Å². The summed E-state index contributed by atoms with van der Waals surface area (Å²) in [7, 11) is 0. The normalized spacial score (nSPS) is 17.3. The van der Waals surface area contributed by atoms with Gasteiger partial charge in [-0.2, -0.15) is 0 Å². The Labute approximate surface area is 199 Å². The molecule has 172 valence electrons. The third kappa shape index (κ3) is 4.84. The lowest BCUT2D eigenvalue weighted by atomic mass is 10.1. The molecule has 1 atom stereocenters. The predicted octanol–water partition coefficient (Wildman–Crippen LogP) is 3.64. The molecule has 33 heavy (non-hydrogen) atoms. The Kier molecular flexibility index (Phi) is 6.62. The first-order valence-electron chi connectivity index (χ1n) is 10.6. The van der Waals surface area contributed by atoms with E-state index in [4.69, 9.17) is 9.47 Å². The van der Waals surface area contributed by atoms with Crippen LogP contribution in [0.4, 0.5) is 5.69 Å². The van der Waals surface area contributed by atoms with Gasteiger partial charge in [0.25, 0.3) is 17.7 Å². The standard InChI is InChI=1S/C24H23BrN2O6/c1-13-8-16(9-14(2)21(13)25)26-20(28)12-33-24(31)15-5-6-18-19(10-15)23(30)27(22(18)29)11-17-4-3-7-32-17/h5-6,8-10,17H,3-4,7,11-12H2,1-2H3,(H,26,28)/t17-/m0/s1. The molecule has 4 rings (SSSR count). The number of carbonyl (C=O) groups is 4. The van der Waals surface area contributed by atoms with Gasteiger partial charge in [0.15, 0.2) is 6.61 Å². The number of nitrogens with zero attached hydrogens (tertiary/aromatic N) is 1. The lowest BCUT2D eigenvalue weighted by Crippen LogP contribution is -2.36. The number of halogens is 1. The minimum atomic E-state index is -0.756. The molecule has 2 aromatic carbocycles. The molecule has 0 radical (unpaired) electrons. The van der Waals surface area contributed by atoms with Crippen LogP contribution in [0, 0.1) is 13.8 Å². The highest BCUT2D eigenvalue weighted by atomic mass is 79.9. The first-order chi connectivity index (χ1) is 15.7. The number of benzene rings is 2. The third-order valence-corrected chi connectivity index (χ3v) is 6.92. The summed E-state index contributed by atoms with van der Waals surface area (Å²) in [4.78, 5) is 51.2. The molecule has 1 saturated heterocycles. The summed E-state index contributed by atoms with van der Waals surface area (Å²) in [6, 6.07) is 7.81. The fourth-order valence-corrected chi connectivity index (χ4v) is 4.23. The molecule has 2 heterocycles. The van der Waals surface area contributed by atoms with Crippen molar-refractivity contribution in [3.05, 3.63) is 62.6 Å². The summed E-state index contributed by atoms with van der Waals surface area (Å²) < 4.78 is 11.6. The summed E-state index contributed by atoms with van der Waals surface area (Å²) in [5.41, 5.74) is 3.02. The van der Waals surface area contributed by atoms with Gasteiger partial charge in [0.1, 0.15) is 0 Å². The maximum absolute atomic E-state index is 12.7. The second-order valence-corrected chi connectivity index (χ2v) is 8.96. The number of imide groups is 1. The molecule has 1 N–H and O–H groups in total. The van der Waals surface area contributed by atoms with E-state index in [-0.39, 0.29) is 29.3 Å². The van der Waals surface area contributed by atoms with Gasteiger partial charge >= 0.3 is 5.97 Å². The molecule has 8 nitrogen and oxygen atoms in total. The van der Waals surface area contributed by atoms with E-state index >= 15 is 0 Å². The fourth-order valence-electron chi connectivity index (χ4n) is 4.01. The van der Waals surface area contributed by atoms with E-state index < -0.39 is 30.3 Å². The Balaban J connectivity index is 1.38. The van der Waals surface area contributed by atoms with Crippen LogP contribution in [0.5, 0.6) is 0 Å². The Morgan fingerprint density at radius 2 is 1.82 bits per heavy atom. The molecule has 1 fully saturated rings. The summed E-state index contributed by atoms with van der Waals surface area (Å²) in [5, 5.41) is 2.70. The second-order valence-electron chi connectivity index (χ2n) is 8.16. The Bertz CT molecular complexity index is 1130. The molecular weight excluding hydrogens is 492 g/mol. The summed E-state index contributed by atoms with van der Waals surface area (Å²) in [5.74, 6) is -2.10. The van der Waals surface area contributed by atoms with Crippen molar-refractivity contribution in [1.29, 1.82) is 0 Å². The van der Waals surface area contributed by atoms with Crippen LogP contribution in [0.3, 0.4) is 0 Å². The van der Waals surface area contributed by atoms with Gasteiger partial charge in [0.2, 0.25) is 0 Å². The van der Waals surface area contributed by atoms with Crippen molar-refractivity contribution < 1.29 is 28.7 Å². The van der Waals surface area contributed by atoms with E-state index in [0.29, 0.717) is 12.3 Å². The first kappa shape index (κ1) is 23.1. The van der Waals surface area contributed by atoms with Crippen LogP contribution in [-0.4, -0.2) is 54.5 Å². The number of hydrogen-bond acceptors (Lipinski definition) is 6. The second kappa shape index (κ2) is 9.44. The van der Waals surface area contributed by atoms with Gasteiger partial charge in [-0.25, -0.2) is 4.79 Å². The molecule has 0 unspecified atom stereocenters. The summed E-state index contributed by atoms with van der Waals surface area (Å²) in [6.07, 6.45) is 1.54. The predicted molar refractivity (Wildman–Crippen MR) is 123 cm³/mol. The van der Waals surface area contributed by atoms with Crippen molar-refractivity contribution in [2.45, 2.75) is 32.8 Å². The van der Waals surface area contributed by atoms with Gasteiger partial charge in [-0.1, -0.05) is 15.9 Å². The number of amides is 3. The monoisotopic (exact) mass is 514 g/mol. The number of hydrogen-bond donors (Lipinski definition) is 1. The number of anilines is 1. The quantitative estimate of drug-likeness (QED) is 0.466. The molecule has 2 aromatic rings. The molecule has 3 amide bonds. The average Bonchev–Trinajstić information content (AvgIpc) is 3.38. The van der Waals surface area contributed by atoms with Crippen molar-refractivity contribution in [2.24, 2.45) is 0 Å². The Hall–Kier alpha value is -3.04. The van der Waals surface area contributed by atoms with Crippen molar-refractivity contribution in [1.82, 2.24) is 4.90 Å². The smallest absolute Gasteiger partial charge is 0.338 e. The topological polar surface area (TPSA) is 102 Å². The van der Waals surface area contributed by atoms with Crippen molar-refractivity contribution in [3.8, 4) is 0 Å². The van der Waals surface area contributed by atoms with Crippen LogP contribution in [-0.2, 0) is 14.3 Å². The minimum Gasteiger partial charge on any atom is -0.452 e. The van der Waals surface area contributed by atoms with Gasteiger partial charge in [-0.15, -0.1) is 0 Å². The Morgan fingerprint density at radius 1 is 1.12 bits per heavy atom. The number of fused-ring (bicyclic) bond motifs is 1. The number of nitrogens with one attached hydrogen (secondary N) is 1. The van der Waals surface area contributed by atoms with Crippen LogP contribution in [0.25, 0.3) is 0 Å². The van der Waals surface area contributed by atoms with Gasteiger partial charge in [0.05, 0.1) is 29.3 Å². The molecule has 0 bridgehead atoms. The number of aryl methyl sites for hydroxylation is 2. The van der Waals surface area contributed by atoms with Crippen molar-refractivity contribution in [3.63, 3.8) is 0 Å². The van der Waals surface area contributed by atoms with Crippen molar-refractivity contribution >= 4 is 45.3 Å². The average molecular weight is 515 g/mol. The van der Waals surface area contributed by atoms with Gasteiger partial charge in [-0.05, 0) is 68.1 Å². The zero-order valence-corrected chi connectivity index (χ0v) is 19.9. The maximum Gasteiger partial charge on any atom is 0.338 e. The molecule has 0 aromatic heterocycles. The van der Waals surface area contributed by atoms with Crippen molar-refractivity contribution in [2.75, 3.05) is 25.1 Å². The fraction of sp³-hybridized carbons (Fsp3) is 0.333. The molecule has 2 aliphatic rings. The summed E-state index contributed by atoms with van der Waals surface area (Å²) in [6.45, 7) is 4.16. The number of carbonyl (C=O) groups excluding carboxylic acids is 4. The van der Waals surface area contributed by atoms with Crippen LogP contribution in [0.1, 0.15) is 55.0 Å². The SMILES string of the molecule is Cc1cc(NC(=O)COC(=O)c2ccc3c(c2)C(=O)N(C[C@@H]2CCCO2)C3=O)cc(C)c1Br. The lowest BCUT2D eigenvalue weighted by Gasteiger charge is -2.17. The third-order valence-electron chi connectivity index (χ3n) is 5.67. The first-order valence-corrected chi connectivity index (χ1v) is 11.4. The molecule has 0 spiro atoms. The maximum atomic E-state index is 12.7. The largest absolute Gasteiger partial charge is 0.452 e. The van der Waals surface area contributed by atoms with Crippen LogP contribution in [0.2, 0.25) is 0 Å². The highest BCUT2D eigenvalue weighted by Gasteiger charge is 2.38. The highest BCUT2D eigenvalue weighted by Crippen LogP contribution is 2.27. The lowest BCUT2D eigenvalue weighted by molar-refractivity contribution is -0.119. The molecular formula is C24H23BrN2O6. The van der Waals surface area contributed by atoms with E-state index in [1.807, 2.05) is 26.0 Å². The summed E-state index contributed by atoms with van der Waals surface area (Å²) >= 11 is 3.47. The molecule has 0 saturated carbocycles. The van der Waals surface area contributed by atoms with E-state index in [1.165, 1.54) is 18.2 Å². The van der Waals surface area contributed by atoms with E-state index in [0.717, 1.165) is 33.3 Å². The number of rotatable bonds is 6. The van der Waals surface area contributed by atoms with E-state index in [9.17, 15) is 19.2 Å². The van der Waals surface area contributed by atoms with E-state index in [2.05, 4.69) is 21.2 Å². The number of esters is 1.